The number of nitrogens with zero attached hydrogens (tertiary/aromatic N) is 2. The topological polar surface area (TPSA) is 74.2 Å². The van der Waals surface area contributed by atoms with Crippen molar-refractivity contribution < 1.29 is 4.42 Å². The van der Waals surface area contributed by atoms with E-state index in [2.05, 4.69) is 50.5 Å². The van der Waals surface area contributed by atoms with Crippen molar-refractivity contribution in [3.05, 3.63) is 93.8 Å². The van der Waals surface area contributed by atoms with Crippen LogP contribution >= 0.6 is 0 Å². The van der Waals surface area contributed by atoms with Gasteiger partial charge in [-0.2, -0.15) is 0 Å². The highest BCUT2D eigenvalue weighted by Crippen LogP contribution is 2.17. The number of hydrogen-bond acceptors (Lipinski definition) is 5. The van der Waals surface area contributed by atoms with Crippen molar-refractivity contribution in [3.63, 3.8) is 0 Å². The molecule has 0 aliphatic heterocycles. The summed E-state index contributed by atoms with van der Waals surface area (Å²) in [5.41, 5.74) is 1.65. The van der Waals surface area contributed by atoms with Gasteiger partial charge >= 0.3 is 0 Å². The van der Waals surface area contributed by atoms with Gasteiger partial charge in [-0.15, -0.1) is 0 Å². The zero-order valence-electron chi connectivity index (χ0n) is 18.0. The van der Waals surface area contributed by atoms with E-state index in [1.54, 1.807) is 6.20 Å². The van der Waals surface area contributed by atoms with Crippen LogP contribution < -0.4 is 10.9 Å². The lowest BCUT2D eigenvalue weighted by atomic mass is 10.0. The SMILES string of the molecule is CN(C)Cc1ccc(CCCNc2ncc(Cc3ccc4ccccc4c3)c(=O)[nH]2)o1. The molecule has 2 N–H and O–H groups in total. The molecule has 0 saturated heterocycles. The molecule has 0 bridgehead atoms. The van der Waals surface area contributed by atoms with E-state index in [1.807, 2.05) is 38.4 Å². The van der Waals surface area contributed by atoms with E-state index in [-0.39, 0.29) is 5.56 Å². The Balaban J connectivity index is 1.30. The molecule has 31 heavy (non-hydrogen) atoms. The van der Waals surface area contributed by atoms with E-state index >= 15 is 0 Å². The van der Waals surface area contributed by atoms with E-state index in [9.17, 15) is 4.79 Å². The molecule has 0 aliphatic rings. The molecule has 6 nitrogen and oxygen atoms in total. The van der Waals surface area contributed by atoms with Gasteiger partial charge in [-0.3, -0.25) is 9.78 Å². The molecule has 0 amide bonds. The monoisotopic (exact) mass is 416 g/mol. The fourth-order valence-corrected chi connectivity index (χ4v) is 3.63. The summed E-state index contributed by atoms with van der Waals surface area (Å²) in [5.74, 6) is 2.45. The van der Waals surface area contributed by atoms with Crippen LogP contribution in [0.5, 0.6) is 0 Å². The molecular weight excluding hydrogens is 388 g/mol. The van der Waals surface area contributed by atoms with E-state index in [0.717, 1.165) is 36.5 Å². The Morgan fingerprint density at radius 1 is 1.03 bits per heavy atom. The minimum Gasteiger partial charge on any atom is -0.465 e. The van der Waals surface area contributed by atoms with Gasteiger partial charge < -0.3 is 14.6 Å². The smallest absolute Gasteiger partial charge is 0.255 e. The van der Waals surface area contributed by atoms with Crippen molar-refractivity contribution >= 4 is 16.7 Å². The van der Waals surface area contributed by atoms with Crippen molar-refractivity contribution in [1.82, 2.24) is 14.9 Å². The fourth-order valence-electron chi connectivity index (χ4n) is 3.63. The van der Waals surface area contributed by atoms with Gasteiger partial charge in [0, 0.05) is 31.1 Å². The first kappa shape index (κ1) is 20.9. The summed E-state index contributed by atoms with van der Waals surface area (Å²) in [7, 11) is 4.04. The zero-order chi connectivity index (χ0) is 21.6. The van der Waals surface area contributed by atoms with Crippen molar-refractivity contribution in [2.75, 3.05) is 26.0 Å². The molecule has 2 aromatic heterocycles. The number of anilines is 1. The lowest BCUT2D eigenvalue weighted by Crippen LogP contribution is -2.17. The van der Waals surface area contributed by atoms with Crippen LogP contribution in [0.15, 0.2) is 70.0 Å². The first-order valence-electron chi connectivity index (χ1n) is 10.6. The molecule has 0 saturated carbocycles. The molecule has 0 aliphatic carbocycles. The predicted octanol–water partition coefficient (Wildman–Crippen LogP) is 4.21. The average molecular weight is 417 g/mol. The number of fused-ring (bicyclic) bond motifs is 1. The standard InChI is InChI=1S/C25H28N4O2/c1-29(2)17-23-12-11-22(31-23)8-5-13-26-25-27-16-21(24(30)28-25)15-18-9-10-19-6-3-4-7-20(19)14-18/h3-4,6-7,9-12,14,16H,5,8,13,15,17H2,1-2H3,(H2,26,27,28,30). The van der Waals surface area contributed by atoms with Crippen LogP contribution in [0.1, 0.15) is 29.1 Å². The number of H-pyrrole nitrogens is 1. The molecule has 0 spiro atoms. The Bertz CT molecular complexity index is 1210. The van der Waals surface area contributed by atoms with Crippen LogP contribution in [0, 0.1) is 0 Å². The summed E-state index contributed by atoms with van der Waals surface area (Å²) in [5, 5.41) is 5.56. The number of aromatic nitrogens is 2. The normalized spacial score (nSPS) is 11.3. The van der Waals surface area contributed by atoms with Crippen LogP contribution in [0.2, 0.25) is 0 Å². The van der Waals surface area contributed by atoms with Gasteiger partial charge in [0.05, 0.1) is 6.54 Å². The molecular formula is C25H28N4O2. The number of furan rings is 1. The molecule has 0 atom stereocenters. The first-order valence-corrected chi connectivity index (χ1v) is 10.6. The molecule has 4 rings (SSSR count). The summed E-state index contributed by atoms with van der Waals surface area (Å²) in [6.45, 7) is 1.51. The van der Waals surface area contributed by atoms with Gasteiger partial charge in [-0.25, -0.2) is 4.98 Å². The average Bonchev–Trinajstić information content (AvgIpc) is 3.19. The van der Waals surface area contributed by atoms with Crippen LogP contribution in [-0.4, -0.2) is 35.5 Å². The third kappa shape index (κ3) is 5.61. The van der Waals surface area contributed by atoms with Crippen LogP contribution in [0.25, 0.3) is 10.8 Å². The third-order valence-corrected chi connectivity index (χ3v) is 5.16. The molecule has 6 heteroatoms. The fraction of sp³-hybridized carbons (Fsp3) is 0.280. The Hall–Kier alpha value is -3.38. The summed E-state index contributed by atoms with van der Waals surface area (Å²) < 4.78 is 5.82. The number of hydrogen-bond donors (Lipinski definition) is 2. The second kappa shape index (κ2) is 9.62. The van der Waals surface area contributed by atoms with Gasteiger partial charge in [-0.05, 0) is 49.0 Å². The van der Waals surface area contributed by atoms with Crippen LogP contribution in [-0.2, 0) is 19.4 Å². The Morgan fingerprint density at radius 2 is 1.84 bits per heavy atom. The summed E-state index contributed by atoms with van der Waals surface area (Å²) >= 11 is 0. The second-order valence-electron chi connectivity index (χ2n) is 8.08. The van der Waals surface area contributed by atoms with E-state index in [0.29, 0.717) is 24.5 Å². The Morgan fingerprint density at radius 3 is 2.65 bits per heavy atom. The zero-order valence-corrected chi connectivity index (χ0v) is 18.0. The highest BCUT2D eigenvalue weighted by Gasteiger charge is 2.06. The number of rotatable bonds is 9. The minimum atomic E-state index is -0.106. The number of aromatic amines is 1. The highest BCUT2D eigenvalue weighted by molar-refractivity contribution is 5.83. The van der Waals surface area contributed by atoms with Crippen molar-refractivity contribution in [2.45, 2.75) is 25.8 Å². The Kier molecular flexibility index (Phi) is 6.48. The molecule has 0 unspecified atom stereocenters. The summed E-state index contributed by atoms with van der Waals surface area (Å²) in [6.07, 6.45) is 3.94. The lowest BCUT2D eigenvalue weighted by Gasteiger charge is -2.07. The number of benzene rings is 2. The third-order valence-electron chi connectivity index (χ3n) is 5.16. The van der Waals surface area contributed by atoms with E-state index in [4.69, 9.17) is 4.42 Å². The largest absolute Gasteiger partial charge is 0.465 e. The van der Waals surface area contributed by atoms with Crippen molar-refractivity contribution in [1.29, 1.82) is 0 Å². The van der Waals surface area contributed by atoms with Gasteiger partial charge in [-0.1, -0.05) is 42.5 Å². The van der Waals surface area contributed by atoms with Gasteiger partial charge in [0.25, 0.3) is 5.56 Å². The van der Waals surface area contributed by atoms with Crippen LogP contribution in [0.3, 0.4) is 0 Å². The minimum absolute atomic E-state index is 0.106. The number of aryl methyl sites for hydroxylation is 1. The van der Waals surface area contributed by atoms with Crippen LogP contribution in [0.4, 0.5) is 5.95 Å². The molecule has 0 radical (unpaired) electrons. The molecule has 2 heterocycles. The molecule has 2 aromatic carbocycles. The lowest BCUT2D eigenvalue weighted by molar-refractivity contribution is 0.341. The maximum atomic E-state index is 12.5. The van der Waals surface area contributed by atoms with Gasteiger partial charge in [0.2, 0.25) is 5.95 Å². The van der Waals surface area contributed by atoms with E-state index in [1.165, 1.54) is 10.8 Å². The maximum Gasteiger partial charge on any atom is 0.255 e. The first-order chi connectivity index (χ1) is 15.1. The summed E-state index contributed by atoms with van der Waals surface area (Å²) in [6, 6.07) is 18.5. The van der Waals surface area contributed by atoms with Gasteiger partial charge in [0.15, 0.2) is 0 Å². The quantitative estimate of drug-likeness (QED) is 0.400. The van der Waals surface area contributed by atoms with Crippen molar-refractivity contribution in [2.24, 2.45) is 0 Å². The Labute approximate surface area is 181 Å². The maximum absolute atomic E-state index is 12.5. The predicted molar refractivity (Wildman–Crippen MR) is 125 cm³/mol. The molecule has 160 valence electrons. The number of nitrogens with one attached hydrogen (secondary N) is 2. The summed E-state index contributed by atoms with van der Waals surface area (Å²) in [4.78, 5) is 21.8. The highest BCUT2D eigenvalue weighted by atomic mass is 16.3. The van der Waals surface area contributed by atoms with Crippen molar-refractivity contribution in [3.8, 4) is 0 Å². The van der Waals surface area contributed by atoms with Gasteiger partial charge in [0.1, 0.15) is 11.5 Å². The molecule has 0 fully saturated rings. The second-order valence-corrected chi connectivity index (χ2v) is 8.08. The van der Waals surface area contributed by atoms with E-state index < -0.39 is 0 Å². The molecule has 4 aromatic rings.